The number of phenolic OH excluding ortho intramolecular Hbond substituents is 1. The van der Waals surface area contributed by atoms with Gasteiger partial charge in [0.1, 0.15) is 5.75 Å². The lowest BCUT2D eigenvalue weighted by molar-refractivity contribution is 0.369. The molecule has 0 amide bonds. The number of nitrogens with one attached hydrogen (secondary N) is 1. The van der Waals surface area contributed by atoms with Crippen molar-refractivity contribution in [2.75, 3.05) is 13.1 Å². The molecule has 2 N–H and O–H groups in total. The average molecular weight is 219 g/mol. The van der Waals surface area contributed by atoms with Crippen LogP contribution in [0, 0.1) is 19.8 Å². The minimum Gasteiger partial charge on any atom is -0.507 e. The summed E-state index contributed by atoms with van der Waals surface area (Å²) in [5, 5.41) is 13.5. The average Bonchev–Trinajstić information content (AvgIpc) is 2.31. The lowest BCUT2D eigenvalue weighted by Gasteiger charge is -2.23. The van der Waals surface area contributed by atoms with E-state index in [2.05, 4.69) is 17.4 Å². The first-order valence-corrected chi connectivity index (χ1v) is 6.17. The van der Waals surface area contributed by atoms with Gasteiger partial charge in [-0.2, -0.15) is 0 Å². The van der Waals surface area contributed by atoms with Gasteiger partial charge in [-0.15, -0.1) is 0 Å². The van der Waals surface area contributed by atoms with Gasteiger partial charge in [-0.3, -0.25) is 0 Å². The zero-order chi connectivity index (χ0) is 11.5. The molecule has 0 aliphatic carbocycles. The fourth-order valence-electron chi connectivity index (χ4n) is 2.43. The van der Waals surface area contributed by atoms with Crippen molar-refractivity contribution in [1.29, 1.82) is 0 Å². The number of hydrogen-bond acceptors (Lipinski definition) is 2. The smallest absolute Gasteiger partial charge is 0.121 e. The van der Waals surface area contributed by atoms with Crippen LogP contribution in [0.1, 0.15) is 29.5 Å². The predicted molar refractivity (Wildman–Crippen MR) is 66.9 cm³/mol. The molecule has 16 heavy (non-hydrogen) atoms. The fraction of sp³-hybridized carbons (Fsp3) is 0.571. The highest BCUT2D eigenvalue weighted by molar-refractivity contribution is 5.44. The van der Waals surface area contributed by atoms with E-state index in [4.69, 9.17) is 0 Å². The van der Waals surface area contributed by atoms with Crippen LogP contribution in [0.4, 0.5) is 0 Å². The summed E-state index contributed by atoms with van der Waals surface area (Å²) < 4.78 is 0. The lowest BCUT2D eigenvalue weighted by atomic mass is 9.90. The Hall–Kier alpha value is -1.02. The number of aromatic hydroxyl groups is 1. The molecular weight excluding hydrogens is 198 g/mol. The van der Waals surface area contributed by atoms with E-state index in [1.165, 1.54) is 18.4 Å². The van der Waals surface area contributed by atoms with Crippen LogP contribution in [0.25, 0.3) is 0 Å². The topological polar surface area (TPSA) is 32.3 Å². The van der Waals surface area contributed by atoms with Gasteiger partial charge in [0.15, 0.2) is 0 Å². The number of aryl methyl sites for hydroxylation is 1. The summed E-state index contributed by atoms with van der Waals surface area (Å²) in [5.74, 6) is 1.19. The first kappa shape index (κ1) is 11.5. The second kappa shape index (κ2) is 4.88. The molecule has 2 heteroatoms. The van der Waals surface area contributed by atoms with Crippen molar-refractivity contribution in [3.63, 3.8) is 0 Å². The quantitative estimate of drug-likeness (QED) is 0.801. The molecule has 1 aliphatic heterocycles. The van der Waals surface area contributed by atoms with Gasteiger partial charge in [0.05, 0.1) is 0 Å². The standard InChI is InChI=1S/C14H21NO/c1-10-5-6-13(14(16)11(10)2)8-12-4-3-7-15-9-12/h5-6,12,15-16H,3-4,7-9H2,1-2H3. The van der Waals surface area contributed by atoms with Crippen molar-refractivity contribution < 1.29 is 5.11 Å². The highest BCUT2D eigenvalue weighted by atomic mass is 16.3. The van der Waals surface area contributed by atoms with Gasteiger partial charge in [-0.1, -0.05) is 12.1 Å². The highest BCUT2D eigenvalue weighted by Gasteiger charge is 2.16. The minimum absolute atomic E-state index is 0.505. The Labute approximate surface area is 97.7 Å². The summed E-state index contributed by atoms with van der Waals surface area (Å²) in [6.45, 7) is 6.27. The molecule has 1 aromatic rings. The van der Waals surface area contributed by atoms with Crippen molar-refractivity contribution in [2.45, 2.75) is 33.1 Å². The zero-order valence-corrected chi connectivity index (χ0v) is 10.2. The van der Waals surface area contributed by atoms with Gasteiger partial charge in [-0.05, 0) is 68.8 Å². The second-order valence-electron chi connectivity index (χ2n) is 4.93. The number of piperidine rings is 1. The van der Waals surface area contributed by atoms with Crippen molar-refractivity contribution in [1.82, 2.24) is 5.32 Å². The third-order valence-electron chi connectivity index (χ3n) is 3.69. The maximum Gasteiger partial charge on any atom is 0.121 e. The largest absolute Gasteiger partial charge is 0.507 e. The molecule has 88 valence electrons. The first-order chi connectivity index (χ1) is 7.68. The van der Waals surface area contributed by atoms with E-state index < -0.39 is 0 Å². The summed E-state index contributed by atoms with van der Waals surface area (Å²) in [5.41, 5.74) is 3.31. The van der Waals surface area contributed by atoms with Crippen LogP contribution in [-0.2, 0) is 6.42 Å². The lowest BCUT2D eigenvalue weighted by Crippen LogP contribution is -2.30. The van der Waals surface area contributed by atoms with Crippen LogP contribution in [0.5, 0.6) is 5.75 Å². The summed E-state index contributed by atoms with van der Waals surface area (Å²) in [6.07, 6.45) is 3.54. The van der Waals surface area contributed by atoms with Crippen LogP contribution in [0.2, 0.25) is 0 Å². The third-order valence-corrected chi connectivity index (χ3v) is 3.69. The summed E-state index contributed by atoms with van der Waals surface area (Å²) >= 11 is 0. The Bertz CT molecular complexity index is 367. The van der Waals surface area contributed by atoms with E-state index in [0.717, 1.165) is 30.6 Å². The number of phenols is 1. The van der Waals surface area contributed by atoms with E-state index in [0.29, 0.717) is 11.7 Å². The highest BCUT2D eigenvalue weighted by Crippen LogP contribution is 2.28. The van der Waals surface area contributed by atoms with E-state index in [9.17, 15) is 5.11 Å². The predicted octanol–water partition coefficient (Wildman–Crippen LogP) is 2.55. The van der Waals surface area contributed by atoms with Crippen LogP contribution < -0.4 is 5.32 Å². The third kappa shape index (κ3) is 2.38. The number of hydrogen-bond donors (Lipinski definition) is 2. The van der Waals surface area contributed by atoms with Gasteiger partial charge >= 0.3 is 0 Å². The molecule has 1 fully saturated rings. The van der Waals surface area contributed by atoms with Crippen molar-refractivity contribution >= 4 is 0 Å². The van der Waals surface area contributed by atoms with Gasteiger partial charge in [0.2, 0.25) is 0 Å². The molecule has 0 spiro atoms. The van der Waals surface area contributed by atoms with Crippen LogP contribution in [0.3, 0.4) is 0 Å². The Morgan fingerprint density at radius 3 is 2.88 bits per heavy atom. The molecular formula is C14H21NO. The Kier molecular flexibility index (Phi) is 3.49. The SMILES string of the molecule is Cc1ccc(CC2CCCNC2)c(O)c1C. The van der Waals surface area contributed by atoms with Crippen LogP contribution >= 0.6 is 0 Å². The fourth-order valence-corrected chi connectivity index (χ4v) is 2.43. The summed E-state index contributed by atoms with van der Waals surface area (Å²) in [6, 6.07) is 4.19. The van der Waals surface area contributed by atoms with Crippen molar-refractivity contribution in [2.24, 2.45) is 5.92 Å². The molecule has 1 atom stereocenters. The Morgan fingerprint density at radius 1 is 1.38 bits per heavy atom. The first-order valence-electron chi connectivity index (χ1n) is 6.17. The molecule has 1 aromatic carbocycles. The molecule has 0 saturated carbocycles. The molecule has 1 saturated heterocycles. The Balaban J connectivity index is 2.11. The van der Waals surface area contributed by atoms with Gasteiger partial charge in [0.25, 0.3) is 0 Å². The van der Waals surface area contributed by atoms with E-state index >= 15 is 0 Å². The zero-order valence-electron chi connectivity index (χ0n) is 10.2. The molecule has 1 aliphatic rings. The van der Waals surface area contributed by atoms with Crippen LogP contribution in [0.15, 0.2) is 12.1 Å². The number of benzene rings is 1. The summed E-state index contributed by atoms with van der Waals surface area (Å²) in [4.78, 5) is 0. The second-order valence-corrected chi connectivity index (χ2v) is 4.93. The Morgan fingerprint density at radius 2 is 2.19 bits per heavy atom. The van der Waals surface area contributed by atoms with E-state index in [1.54, 1.807) is 0 Å². The van der Waals surface area contributed by atoms with Gasteiger partial charge < -0.3 is 10.4 Å². The molecule has 0 aromatic heterocycles. The normalized spacial score (nSPS) is 21.0. The molecule has 2 rings (SSSR count). The minimum atomic E-state index is 0.505. The molecule has 1 unspecified atom stereocenters. The maximum absolute atomic E-state index is 10.1. The van der Waals surface area contributed by atoms with Crippen molar-refractivity contribution in [3.05, 3.63) is 28.8 Å². The molecule has 0 bridgehead atoms. The van der Waals surface area contributed by atoms with E-state index in [1.807, 2.05) is 13.8 Å². The molecule has 1 heterocycles. The summed E-state index contributed by atoms with van der Waals surface area (Å²) in [7, 11) is 0. The van der Waals surface area contributed by atoms with Crippen molar-refractivity contribution in [3.8, 4) is 5.75 Å². The van der Waals surface area contributed by atoms with E-state index in [-0.39, 0.29) is 0 Å². The van der Waals surface area contributed by atoms with Crippen LogP contribution in [-0.4, -0.2) is 18.2 Å². The monoisotopic (exact) mass is 219 g/mol. The van der Waals surface area contributed by atoms with Gasteiger partial charge in [-0.25, -0.2) is 0 Å². The maximum atomic E-state index is 10.1. The number of rotatable bonds is 2. The molecule has 0 radical (unpaired) electrons. The van der Waals surface area contributed by atoms with Gasteiger partial charge in [0, 0.05) is 0 Å². The molecule has 2 nitrogen and oxygen atoms in total.